The summed E-state index contributed by atoms with van der Waals surface area (Å²) in [5, 5.41) is 5.44. The zero-order valence-electron chi connectivity index (χ0n) is 11.1. The van der Waals surface area contributed by atoms with Gasteiger partial charge in [0.25, 0.3) is 0 Å². The second-order valence-corrected chi connectivity index (χ2v) is 6.03. The molecular formula is C15H14F3NOS. The number of halogens is 3. The lowest BCUT2D eigenvalue weighted by molar-refractivity contribution is -0.274. The fourth-order valence-corrected chi connectivity index (χ4v) is 3.12. The third-order valence-electron chi connectivity index (χ3n) is 3.35. The molecule has 1 fully saturated rings. The van der Waals surface area contributed by atoms with Gasteiger partial charge < -0.3 is 10.1 Å². The van der Waals surface area contributed by atoms with E-state index in [2.05, 4.69) is 16.1 Å². The Labute approximate surface area is 124 Å². The Morgan fingerprint density at radius 3 is 2.38 bits per heavy atom. The molecule has 1 aromatic carbocycles. The molecular weight excluding hydrogens is 299 g/mol. The topological polar surface area (TPSA) is 21.3 Å². The van der Waals surface area contributed by atoms with E-state index < -0.39 is 6.36 Å². The SMILES string of the molecule is FC(F)(F)Oc1ccc(NC(c2cccs2)C2CC2)cc1. The molecule has 6 heteroatoms. The van der Waals surface area contributed by atoms with Crippen LogP contribution < -0.4 is 10.1 Å². The van der Waals surface area contributed by atoms with Crippen molar-refractivity contribution in [3.63, 3.8) is 0 Å². The van der Waals surface area contributed by atoms with Crippen molar-refractivity contribution in [2.24, 2.45) is 5.92 Å². The van der Waals surface area contributed by atoms with Crippen LogP contribution >= 0.6 is 11.3 Å². The summed E-state index contributed by atoms with van der Waals surface area (Å²) in [6.45, 7) is 0. The Hall–Kier alpha value is -1.69. The predicted molar refractivity (Wildman–Crippen MR) is 76.5 cm³/mol. The molecule has 1 N–H and O–H groups in total. The number of anilines is 1. The highest BCUT2D eigenvalue weighted by Gasteiger charge is 2.33. The summed E-state index contributed by atoms with van der Waals surface area (Å²) in [6.07, 6.45) is -2.28. The molecule has 1 heterocycles. The lowest BCUT2D eigenvalue weighted by Crippen LogP contribution is -2.17. The van der Waals surface area contributed by atoms with Gasteiger partial charge in [0.1, 0.15) is 5.75 Å². The first kappa shape index (κ1) is 14.3. The standard InChI is InChI=1S/C15H14F3NOS/c16-15(17,18)20-12-7-5-11(6-8-12)19-14(10-3-4-10)13-2-1-9-21-13/h1-2,5-10,14,19H,3-4H2. The zero-order chi connectivity index (χ0) is 14.9. The number of alkyl halides is 3. The molecule has 3 rings (SSSR count). The molecule has 0 bridgehead atoms. The molecule has 0 radical (unpaired) electrons. The molecule has 1 unspecified atom stereocenters. The number of thiophene rings is 1. The Balaban J connectivity index is 1.69. The van der Waals surface area contributed by atoms with Crippen LogP contribution in [0.4, 0.5) is 18.9 Å². The summed E-state index contributed by atoms with van der Waals surface area (Å²) in [6, 6.07) is 10.2. The predicted octanol–water partition coefficient (Wildman–Crippen LogP) is 5.21. The number of rotatable bonds is 5. The second-order valence-electron chi connectivity index (χ2n) is 5.05. The molecule has 112 valence electrons. The van der Waals surface area contributed by atoms with Crippen molar-refractivity contribution >= 4 is 17.0 Å². The van der Waals surface area contributed by atoms with Gasteiger partial charge in [0.05, 0.1) is 6.04 Å². The van der Waals surface area contributed by atoms with Crippen molar-refractivity contribution in [1.82, 2.24) is 0 Å². The Kier molecular flexibility index (Phi) is 3.80. The van der Waals surface area contributed by atoms with Crippen LogP contribution in [-0.2, 0) is 0 Å². The maximum absolute atomic E-state index is 12.1. The highest BCUT2D eigenvalue weighted by atomic mass is 32.1. The van der Waals surface area contributed by atoms with Crippen molar-refractivity contribution in [2.45, 2.75) is 25.2 Å². The van der Waals surface area contributed by atoms with Crippen LogP contribution in [0.1, 0.15) is 23.8 Å². The number of hydrogen-bond donors (Lipinski definition) is 1. The van der Waals surface area contributed by atoms with E-state index in [1.165, 1.54) is 29.9 Å². The first-order valence-corrected chi connectivity index (χ1v) is 7.55. The lowest BCUT2D eigenvalue weighted by atomic mass is 10.1. The quantitative estimate of drug-likeness (QED) is 0.818. The van der Waals surface area contributed by atoms with Gasteiger partial charge in [-0.15, -0.1) is 24.5 Å². The summed E-state index contributed by atoms with van der Waals surface area (Å²) in [4.78, 5) is 1.26. The first-order chi connectivity index (χ1) is 10.0. The summed E-state index contributed by atoms with van der Waals surface area (Å²) in [5.74, 6) is 0.405. The largest absolute Gasteiger partial charge is 0.573 e. The van der Waals surface area contributed by atoms with Crippen LogP contribution in [0.2, 0.25) is 0 Å². The van der Waals surface area contributed by atoms with Crippen molar-refractivity contribution in [3.05, 3.63) is 46.7 Å². The van der Waals surface area contributed by atoms with Gasteiger partial charge in [-0.2, -0.15) is 0 Å². The van der Waals surface area contributed by atoms with Gasteiger partial charge in [0, 0.05) is 10.6 Å². The number of benzene rings is 1. The van der Waals surface area contributed by atoms with Gasteiger partial charge in [0.2, 0.25) is 0 Å². The minimum absolute atomic E-state index is 0.202. The smallest absolute Gasteiger partial charge is 0.406 e. The first-order valence-electron chi connectivity index (χ1n) is 6.67. The molecule has 1 atom stereocenters. The van der Waals surface area contributed by atoms with E-state index >= 15 is 0 Å². The highest BCUT2D eigenvalue weighted by molar-refractivity contribution is 7.10. The second kappa shape index (κ2) is 5.60. The van der Waals surface area contributed by atoms with Gasteiger partial charge >= 0.3 is 6.36 Å². The zero-order valence-corrected chi connectivity index (χ0v) is 11.9. The van der Waals surface area contributed by atoms with Crippen molar-refractivity contribution in [2.75, 3.05) is 5.32 Å². The summed E-state index contributed by atoms with van der Waals surface area (Å²) < 4.78 is 40.2. The van der Waals surface area contributed by atoms with Crippen LogP contribution in [0.25, 0.3) is 0 Å². The molecule has 0 saturated heterocycles. The van der Waals surface area contributed by atoms with E-state index in [0.29, 0.717) is 5.92 Å². The Morgan fingerprint density at radius 1 is 1.14 bits per heavy atom. The molecule has 2 nitrogen and oxygen atoms in total. The fourth-order valence-electron chi connectivity index (χ4n) is 2.25. The minimum atomic E-state index is -4.65. The molecule has 0 aliphatic heterocycles. The van der Waals surface area contributed by atoms with E-state index in [1.807, 2.05) is 11.4 Å². The van der Waals surface area contributed by atoms with E-state index in [-0.39, 0.29) is 11.8 Å². The minimum Gasteiger partial charge on any atom is -0.406 e. The van der Waals surface area contributed by atoms with Crippen LogP contribution in [0.5, 0.6) is 5.75 Å². The Morgan fingerprint density at radius 2 is 1.86 bits per heavy atom. The number of ether oxygens (including phenoxy) is 1. The molecule has 1 aliphatic carbocycles. The van der Waals surface area contributed by atoms with Crippen LogP contribution in [0.3, 0.4) is 0 Å². The van der Waals surface area contributed by atoms with E-state index in [4.69, 9.17) is 0 Å². The van der Waals surface area contributed by atoms with Gasteiger partial charge in [0.15, 0.2) is 0 Å². The molecule has 1 saturated carbocycles. The average Bonchev–Trinajstić information content (AvgIpc) is 3.11. The van der Waals surface area contributed by atoms with Crippen LogP contribution in [0, 0.1) is 5.92 Å². The van der Waals surface area contributed by atoms with Crippen molar-refractivity contribution < 1.29 is 17.9 Å². The normalized spacial score (nSPS) is 16.5. The van der Waals surface area contributed by atoms with Gasteiger partial charge in [-0.05, 0) is 54.5 Å². The number of nitrogens with one attached hydrogen (secondary N) is 1. The third-order valence-corrected chi connectivity index (χ3v) is 4.31. The van der Waals surface area contributed by atoms with Gasteiger partial charge in [-0.1, -0.05) is 6.07 Å². The molecule has 0 amide bonds. The molecule has 1 aromatic heterocycles. The maximum Gasteiger partial charge on any atom is 0.573 e. The monoisotopic (exact) mass is 313 g/mol. The van der Waals surface area contributed by atoms with Crippen LogP contribution in [0.15, 0.2) is 41.8 Å². The van der Waals surface area contributed by atoms with E-state index in [0.717, 1.165) is 5.69 Å². The van der Waals surface area contributed by atoms with Crippen molar-refractivity contribution in [3.8, 4) is 5.75 Å². The molecule has 1 aliphatic rings. The van der Waals surface area contributed by atoms with E-state index in [9.17, 15) is 13.2 Å². The Bertz CT molecular complexity index is 576. The lowest BCUT2D eigenvalue weighted by Gasteiger charge is -2.18. The summed E-state index contributed by atoms with van der Waals surface area (Å²) >= 11 is 1.69. The van der Waals surface area contributed by atoms with Gasteiger partial charge in [-0.3, -0.25) is 0 Å². The molecule has 2 aromatic rings. The highest BCUT2D eigenvalue weighted by Crippen LogP contribution is 2.44. The van der Waals surface area contributed by atoms with Crippen LogP contribution in [-0.4, -0.2) is 6.36 Å². The van der Waals surface area contributed by atoms with Gasteiger partial charge in [-0.25, -0.2) is 0 Å². The maximum atomic E-state index is 12.1. The fraction of sp³-hybridized carbons (Fsp3) is 0.333. The van der Waals surface area contributed by atoms with Crippen molar-refractivity contribution in [1.29, 1.82) is 0 Å². The average molecular weight is 313 g/mol. The third kappa shape index (κ3) is 3.91. The van der Waals surface area contributed by atoms with E-state index in [1.54, 1.807) is 23.5 Å². The summed E-state index contributed by atoms with van der Waals surface area (Å²) in [7, 11) is 0. The molecule has 21 heavy (non-hydrogen) atoms. The molecule has 0 spiro atoms. The summed E-state index contributed by atoms with van der Waals surface area (Å²) in [5.41, 5.74) is 0.801. The number of hydrogen-bond acceptors (Lipinski definition) is 3.